The first-order valence-electron chi connectivity index (χ1n) is 9.39. The van der Waals surface area contributed by atoms with E-state index < -0.39 is 5.54 Å². The summed E-state index contributed by atoms with van der Waals surface area (Å²) in [5, 5.41) is 13.4. The molecule has 2 N–H and O–H groups in total. The Balaban J connectivity index is 1.49. The molecule has 27 heavy (non-hydrogen) atoms. The molecular weight excluding hydrogens is 380 g/mol. The van der Waals surface area contributed by atoms with Gasteiger partial charge in [-0.2, -0.15) is 5.26 Å². The molecule has 1 saturated carbocycles. The molecule has 0 unspecified atom stereocenters. The van der Waals surface area contributed by atoms with Gasteiger partial charge in [0.25, 0.3) is 5.56 Å². The number of hydrogen-bond donors (Lipinski definition) is 2. The zero-order chi connectivity index (χ0) is 19.0. The molecule has 2 aromatic rings. The summed E-state index contributed by atoms with van der Waals surface area (Å²) in [7, 11) is 0. The number of hydrogen-bond acceptors (Lipinski definition) is 6. The number of nitrogens with zero attached hydrogens (tertiary/aromatic N) is 2. The highest BCUT2D eigenvalue weighted by Gasteiger charge is 2.35. The smallest absolute Gasteiger partial charge is 0.260 e. The molecule has 2 heterocycles. The van der Waals surface area contributed by atoms with Crippen molar-refractivity contribution in [3.05, 3.63) is 20.8 Å². The average Bonchev–Trinajstić information content (AvgIpc) is 3.24. The summed E-state index contributed by atoms with van der Waals surface area (Å²) in [4.78, 5) is 34.3. The van der Waals surface area contributed by atoms with E-state index in [1.807, 2.05) is 0 Å². The predicted molar refractivity (Wildman–Crippen MR) is 107 cm³/mol. The Morgan fingerprint density at radius 2 is 2.26 bits per heavy atom. The van der Waals surface area contributed by atoms with Gasteiger partial charge in [0, 0.05) is 4.88 Å². The number of aromatic amines is 1. The van der Waals surface area contributed by atoms with Crippen molar-refractivity contribution in [1.29, 1.82) is 5.26 Å². The van der Waals surface area contributed by atoms with Crippen LogP contribution < -0.4 is 10.9 Å². The van der Waals surface area contributed by atoms with E-state index in [-0.39, 0.29) is 17.2 Å². The van der Waals surface area contributed by atoms with Gasteiger partial charge >= 0.3 is 0 Å². The molecule has 0 spiro atoms. The normalized spacial score (nSPS) is 21.0. The SMILES string of the molecule is C[C@H]1CCc2c(sc3nc(SCC(=O)NC4(C#N)CCCC4)[nH]c(=O)c23)C1. The standard InChI is InChI=1S/C19H22N4O2S2/c1-11-4-5-12-13(8-11)27-17-15(12)16(25)21-18(22-17)26-9-14(24)23-19(10-20)6-2-3-7-19/h11H,2-9H2,1H3,(H,23,24)(H,21,22,25)/t11-/m0/s1. The lowest BCUT2D eigenvalue weighted by Crippen LogP contribution is -2.45. The van der Waals surface area contributed by atoms with Crippen molar-refractivity contribution in [3.63, 3.8) is 0 Å². The van der Waals surface area contributed by atoms with Crippen molar-refractivity contribution in [2.75, 3.05) is 5.75 Å². The Labute approximate surface area is 165 Å². The monoisotopic (exact) mass is 402 g/mol. The van der Waals surface area contributed by atoms with Gasteiger partial charge in [0.05, 0.1) is 17.2 Å². The van der Waals surface area contributed by atoms with E-state index in [2.05, 4.69) is 28.3 Å². The second-order valence-electron chi connectivity index (χ2n) is 7.64. The molecule has 0 aliphatic heterocycles. The number of aromatic nitrogens is 2. The maximum atomic E-state index is 12.6. The van der Waals surface area contributed by atoms with Gasteiger partial charge in [-0.15, -0.1) is 11.3 Å². The van der Waals surface area contributed by atoms with Gasteiger partial charge in [-0.3, -0.25) is 9.59 Å². The van der Waals surface area contributed by atoms with Gasteiger partial charge in [-0.25, -0.2) is 4.98 Å². The van der Waals surface area contributed by atoms with Gasteiger partial charge in [-0.05, 0) is 56.4 Å². The lowest BCUT2D eigenvalue weighted by atomic mass is 9.89. The molecule has 1 atom stereocenters. The van der Waals surface area contributed by atoms with E-state index >= 15 is 0 Å². The summed E-state index contributed by atoms with van der Waals surface area (Å²) >= 11 is 2.82. The maximum absolute atomic E-state index is 12.6. The molecule has 2 aliphatic carbocycles. The Hall–Kier alpha value is -1.85. The number of nitriles is 1. The van der Waals surface area contributed by atoms with Gasteiger partial charge in [0.1, 0.15) is 10.4 Å². The minimum Gasteiger partial charge on any atom is -0.337 e. The number of fused-ring (bicyclic) bond motifs is 3. The number of nitrogens with one attached hydrogen (secondary N) is 2. The molecule has 4 rings (SSSR count). The van der Waals surface area contributed by atoms with Crippen molar-refractivity contribution in [1.82, 2.24) is 15.3 Å². The molecule has 1 fully saturated rings. The molecular formula is C19H22N4O2S2. The second kappa shape index (κ2) is 7.28. The Morgan fingerprint density at radius 3 is 3.00 bits per heavy atom. The maximum Gasteiger partial charge on any atom is 0.260 e. The summed E-state index contributed by atoms with van der Waals surface area (Å²) < 4.78 is 0. The molecule has 2 aliphatic rings. The third-order valence-electron chi connectivity index (χ3n) is 5.53. The van der Waals surface area contributed by atoms with Crippen LogP contribution in [0, 0.1) is 17.2 Å². The second-order valence-corrected chi connectivity index (χ2v) is 9.69. The first-order chi connectivity index (χ1) is 13.0. The van der Waals surface area contributed by atoms with E-state index in [0.717, 1.165) is 47.9 Å². The zero-order valence-corrected chi connectivity index (χ0v) is 16.9. The fraction of sp³-hybridized carbons (Fsp3) is 0.579. The molecule has 142 valence electrons. The van der Waals surface area contributed by atoms with Crippen molar-refractivity contribution in [2.45, 2.75) is 62.6 Å². The van der Waals surface area contributed by atoms with E-state index in [1.165, 1.54) is 16.6 Å². The number of carbonyl (C=O) groups excluding carboxylic acids is 1. The Bertz CT molecular complexity index is 982. The molecule has 2 aromatic heterocycles. The first-order valence-corrected chi connectivity index (χ1v) is 11.2. The highest BCUT2D eigenvalue weighted by Crippen LogP contribution is 2.36. The highest BCUT2D eigenvalue weighted by molar-refractivity contribution is 7.99. The van der Waals surface area contributed by atoms with Crippen molar-refractivity contribution in [2.24, 2.45) is 5.92 Å². The molecule has 0 aromatic carbocycles. The molecule has 0 saturated heterocycles. The van der Waals surface area contributed by atoms with E-state index in [1.54, 1.807) is 11.3 Å². The van der Waals surface area contributed by atoms with Crippen LogP contribution in [0.25, 0.3) is 10.2 Å². The number of thiophene rings is 1. The Kier molecular flexibility index (Phi) is 4.99. The summed E-state index contributed by atoms with van der Waals surface area (Å²) in [5.41, 5.74) is 0.332. The van der Waals surface area contributed by atoms with Crippen LogP contribution in [0.2, 0.25) is 0 Å². The fourth-order valence-corrected chi connectivity index (χ4v) is 6.18. The lowest BCUT2D eigenvalue weighted by molar-refractivity contribution is -0.119. The average molecular weight is 403 g/mol. The molecule has 8 heteroatoms. The molecule has 0 radical (unpaired) electrons. The number of rotatable bonds is 4. The van der Waals surface area contributed by atoms with Crippen LogP contribution in [0.4, 0.5) is 0 Å². The van der Waals surface area contributed by atoms with Crippen LogP contribution in [0.5, 0.6) is 0 Å². The molecule has 6 nitrogen and oxygen atoms in total. The van der Waals surface area contributed by atoms with Crippen LogP contribution in [0.1, 0.15) is 49.5 Å². The highest BCUT2D eigenvalue weighted by atomic mass is 32.2. The number of amides is 1. The fourth-order valence-electron chi connectivity index (χ4n) is 4.08. The van der Waals surface area contributed by atoms with Crippen LogP contribution >= 0.6 is 23.1 Å². The van der Waals surface area contributed by atoms with Crippen LogP contribution in [-0.4, -0.2) is 27.2 Å². The first kappa shape index (κ1) is 18.5. The number of carbonyl (C=O) groups is 1. The summed E-state index contributed by atoms with van der Waals surface area (Å²) in [6, 6.07) is 2.26. The van der Waals surface area contributed by atoms with Crippen LogP contribution in [0.3, 0.4) is 0 Å². The number of thioether (sulfide) groups is 1. The van der Waals surface area contributed by atoms with Crippen LogP contribution in [0.15, 0.2) is 9.95 Å². The van der Waals surface area contributed by atoms with E-state index in [0.29, 0.717) is 23.9 Å². The van der Waals surface area contributed by atoms with Crippen molar-refractivity contribution >= 4 is 39.2 Å². The molecule has 1 amide bonds. The van der Waals surface area contributed by atoms with Crippen molar-refractivity contribution in [3.8, 4) is 6.07 Å². The summed E-state index contributed by atoms with van der Waals surface area (Å²) in [6.45, 7) is 2.24. The van der Waals surface area contributed by atoms with E-state index in [4.69, 9.17) is 0 Å². The number of aryl methyl sites for hydroxylation is 1. The Morgan fingerprint density at radius 1 is 1.48 bits per heavy atom. The minimum absolute atomic E-state index is 0.112. The summed E-state index contributed by atoms with van der Waals surface area (Å²) in [5.74, 6) is 0.593. The van der Waals surface area contributed by atoms with Crippen molar-refractivity contribution < 1.29 is 4.79 Å². The van der Waals surface area contributed by atoms with Gasteiger partial charge in [-0.1, -0.05) is 18.7 Å². The third-order valence-corrected chi connectivity index (χ3v) is 7.56. The summed E-state index contributed by atoms with van der Waals surface area (Å²) in [6.07, 6.45) is 6.40. The van der Waals surface area contributed by atoms with Crippen LogP contribution in [-0.2, 0) is 17.6 Å². The predicted octanol–water partition coefficient (Wildman–Crippen LogP) is 3.15. The largest absolute Gasteiger partial charge is 0.337 e. The zero-order valence-electron chi connectivity index (χ0n) is 15.3. The van der Waals surface area contributed by atoms with Gasteiger partial charge < -0.3 is 10.3 Å². The quantitative estimate of drug-likeness (QED) is 0.605. The third kappa shape index (κ3) is 3.63. The molecule has 0 bridgehead atoms. The lowest BCUT2D eigenvalue weighted by Gasteiger charge is -2.21. The van der Waals surface area contributed by atoms with Gasteiger partial charge in [0.15, 0.2) is 5.16 Å². The topological polar surface area (TPSA) is 98.6 Å². The van der Waals surface area contributed by atoms with E-state index in [9.17, 15) is 14.9 Å². The van der Waals surface area contributed by atoms with Gasteiger partial charge in [0.2, 0.25) is 5.91 Å². The number of H-pyrrole nitrogens is 1. The minimum atomic E-state index is -0.716.